The molecule has 9 aromatic rings. The summed E-state index contributed by atoms with van der Waals surface area (Å²) in [6, 6.07) is 63.3. The van der Waals surface area contributed by atoms with Crippen molar-refractivity contribution in [2.24, 2.45) is 17.8 Å². The van der Waals surface area contributed by atoms with E-state index in [-0.39, 0.29) is 0 Å². The second kappa shape index (κ2) is 13.7. The first-order valence-electron chi connectivity index (χ1n) is 21.4. The van der Waals surface area contributed by atoms with E-state index in [9.17, 15) is 0 Å². The van der Waals surface area contributed by atoms with Crippen molar-refractivity contribution >= 4 is 21.8 Å². The number of hydrogen-bond acceptors (Lipinski definition) is 3. The molecule has 7 aromatic carbocycles. The highest BCUT2D eigenvalue weighted by Crippen LogP contribution is 2.61. The summed E-state index contributed by atoms with van der Waals surface area (Å²) in [5.41, 5.74) is 13.1. The molecule has 284 valence electrons. The maximum absolute atomic E-state index is 5.23. The van der Waals surface area contributed by atoms with Crippen LogP contribution < -0.4 is 0 Å². The largest absolute Gasteiger partial charge is 0.309 e. The molecular formula is C55H44N4. The molecule has 0 spiro atoms. The highest BCUT2D eigenvalue weighted by Gasteiger charge is 2.51. The van der Waals surface area contributed by atoms with Gasteiger partial charge in [-0.3, -0.25) is 0 Å². The van der Waals surface area contributed by atoms with Gasteiger partial charge in [0, 0.05) is 38.7 Å². The Morgan fingerprint density at radius 3 is 1.58 bits per heavy atom. The molecular weight excluding hydrogens is 717 g/mol. The maximum Gasteiger partial charge on any atom is 0.164 e. The molecule has 59 heavy (non-hydrogen) atoms. The summed E-state index contributed by atoms with van der Waals surface area (Å²) in [4.78, 5) is 15.5. The first kappa shape index (κ1) is 34.4. The van der Waals surface area contributed by atoms with Gasteiger partial charge in [-0.05, 0) is 102 Å². The van der Waals surface area contributed by atoms with Gasteiger partial charge in [0.15, 0.2) is 17.5 Å². The lowest BCUT2D eigenvalue weighted by Gasteiger charge is -2.57. The zero-order valence-electron chi connectivity index (χ0n) is 33.0. The van der Waals surface area contributed by atoms with Gasteiger partial charge in [-0.1, -0.05) is 158 Å². The Kier molecular flexibility index (Phi) is 8.01. The molecule has 4 fully saturated rings. The fraction of sp³-hybridized carbons (Fsp3) is 0.182. The van der Waals surface area contributed by atoms with Crippen molar-refractivity contribution < 1.29 is 0 Å². The number of nitrogens with zero attached hydrogens (tertiary/aromatic N) is 4. The molecule has 2 heterocycles. The number of rotatable bonds is 7. The van der Waals surface area contributed by atoms with Crippen molar-refractivity contribution in [2.75, 3.05) is 0 Å². The van der Waals surface area contributed by atoms with Crippen LogP contribution in [-0.2, 0) is 5.41 Å². The highest BCUT2D eigenvalue weighted by atomic mass is 15.0. The summed E-state index contributed by atoms with van der Waals surface area (Å²) in [5, 5.41) is 2.30. The van der Waals surface area contributed by atoms with Crippen LogP contribution in [0.5, 0.6) is 0 Å². The third-order valence-electron chi connectivity index (χ3n) is 13.8. The molecule has 0 saturated heterocycles. The van der Waals surface area contributed by atoms with Crippen molar-refractivity contribution in [3.8, 4) is 62.1 Å². The monoisotopic (exact) mass is 760 g/mol. The molecule has 0 aliphatic heterocycles. The molecule has 4 nitrogen and oxygen atoms in total. The van der Waals surface area contributed by atoms with Crippen LogP contribution in [0.3, 0.4) is 0 Å². The van der Waals surface area contributed by atoms with Gasteiger partial charge < -0.3 is 4.57 Å². The fourth-order valence-corrected chi connectivity index (χ4v) is 11.7. The quantitative estimate of drug-likeness (QED) is 0.162. The highest BCUT2D eigenvalue weighted by molar-refractivity contribution is 6.18. The van der Waals surface area contributed by atoms with E-state index in [1.807, 2.05) is 36.4 Å². The van der Waals surface area contributed by atoms with Gasteiger partial charge in [-0.25, -0.2) is 15.0 Å². The molecule has 4 saturated carbocycles. The normalized spacial score (nSPS) is 20.7. The first-order chi connectivity index (χ1) is 29.2. The van der Waals surface area contributed by atoms with Crippen LogP contribution in [0, 0.1) is 17.8 Å². The Balaban J connectivity index is 1.08. The smallest absolute Gasteiger partial charge is 0.164 e. The van der Waals surface area contributed by atoms with Crippen molar-refractivity contribution in [1.29, 1.82) is 0 Å². The topological polar surface area (TPSA) is 43.6 Å². The van der Waals surface area contributed by atoms with E-state index >= 15 is 0 Å². The molecule has 4 aliphatic carbocycles. The van der Waals surface area contributed by atoms with Gasteiger partial charge in [0.05, 0.1) is 11.0 Å². The van der Waals surface area contributed by atoms with Crippen LogP contribution in [0.15, 0.2) is 176 Å². The predicted octanol–water partition coefficient (Wildman–Crippen LogP) is 13.8. The summed E-state index contributed by atoms with van der Waals surface area (Å²) in [5.74, 6) is 4.73. The third-order valence-corrected chi connectivity index (χ3v) is 13.8. The van der Waals surface area contributed by atoms with Crippen molar-refractivity contribution in [2.45, 2.75) is 43.9 Å². The van der Waals surface area contributed by atoms with E-state index in [1.54, 1.807) is 5.56 Å². The second-order valence-electron chi connectivity index (χ2n) is 17.5. The first-order valence-corrected chi connectivity index (χ1v) is 21.4. The minimum Gasteiger partial charge on any atom is -0.309 e. The molecule has 4 aliphatic rings. The molecule has 0 atom stereocenters. The molecule has 4 bridgehead atoms. The standard InChI is InChI=1S/C55H44N4/c1-4-13-39(14-5-1)43-19-10-20-45(32-43)59-49-24-12-23-48(54-57-52(41-15-6-2-7-16-41)56-53(58-54)42-17-8-3-9-18-42)50(49)47-22-11-21-46(51(47)59)40-25-27-44(28-26-40)55-33-36-29-37(34-55)31-38(30-36)35-55/h1-28,32,36-38H,29-31,33-35H2. The molecule has 0 unspecified atom stereocenters. The van der Waals surface area contributed by atoms with Crippen LogP contribution in [0.1, 0.15) is 44.1 Å². The van der Waals surface area contributed by atoms with Crippen LogP contribution >= 0.6 is 0 Å². The SMILES string of the molecule is c1ccc(-c2cccc(-n3c4cccc(-c5nc(-c6ccccc6)nc(-c6ccccc6)n5)c4c4cccc(-c5ccc(C67CC8CC(CC(C8)C6)C7)cc5)c43)c2)cc1. The Morgan fingerprint density at radius 2 is 0.949 bits per heavy atom. The summed E-state index contributed by atoms with van der Waals surface area (Å²) < 4.78 is 2.47. The Bertz CT molecular complexity index is 2910. The van der Waals surface area contributed by atoms with E-state index in [1.165, 1.54) is 71.7 Å². The Hall–Kier alpha value is -6.65. The van der Waals surface area contributed by atoms with Gasteiger partial charge in [0.2, 0.25) is 0 Å². The predicted molar refractivity (Wildman–Crippen MR) is 241 cm³/mol. The van der Waals surface area contributed by atoms with E-state index in [4.69, 9.17) is 15.0 Å². The number of fused-ring (bicyclic) bond motifs is 3. The minimum atomic E-state index is 0.364. The van der Waals surface area contributed by atoms with E-state index in [2.05, 4.69) is 144 Å². The molecule has 0 radical (unpaired) electrons. The fourth-order valence-electron chi connectivity index (χ4n) is 11.7. The van der Waals surface area contributed by atoms with Gasteiger partial charge in [-0.2, -0.15) is 0 Å². The van der Waals surface area contributed by atoms with E-state index in [0.717, 1.165) is 51.0 Å². The van der Waals surface area contributed by atoms with Crippen LogP contribution in [0.25, 0.3) is 83.9 Å². The van der Waals surface area contributed by atoms with Gasteiger partial charge in [-0.15, -0.1) is 0 Å². The Labute approximate surface area is 345 Å². The molecule has 13 rings (SSSR count). The van der Waals surface area contributed by atoms with Gasteiger partial charge in [0.1, 0.15) is 0 Å². The van der Waals surface area contributed by atoms with Crippen LogP contribution in [0.2, 0.25) is 0 Å². The molecule has 0 amide bonds. The number of hydrogen-bond donors (Lipinski definition) is 0. The van der Waals surface area contributed by atoms with Crippen molar-refractivity contribution in [3.05, 3.63) is 181 Å². The molecule has 4 heteroatoms. The van der Waals surface area contributed by atoms with Crippen LogP contribution in [-0.4, -0.2) is 19.5 Å². The van der Waals surface area contributed by atoms with Crippen molar-refractivity contribution in [3.63, 3.8) is 0 Å². The zero-order valence-corrected chi connectivity index (χ0v) is 33.0. The number of para-hydroxylation sites is 1. The second-order valence-corrected chi connectivity index (χ2v) is 17.5. The van der Waals surface area contributed by atoms with Gasteiger partial charge in [0.25, 0.3) is 0 Å². The molecule has 0 N–H and O–H groups in total. The van der Waals surface area contributed by atoms with Crippen LogP contribution in [0.4, 0.5) is 0 Å². The van der Waals surface area contributed by atoms with Gasteiger partial charge >= 0.3 is 0 Å². The summed E-state index contributed by atoms with van der Waals surface area (Å²) in [7, 11) is 0. The summed E-state index contributed by atoms with van der Waals surface area (Å²) >= 11 is 0. The summed E-state index contributed by atoms with van der Waals surface area (Å²) in [6.45, 7) is 0. The third kappa shape index (κ3) is 5.84. The Morgan fingerprint density at radius 1 is 0.424 bits per heavy atom. The number of aromatic nitrogens is 4. The summed E-state index contributed by atoms with van der Waals surface area (Å²) in [6.07, 6.45) is 8.50. The lowest BCUT2D eigenvalue weighted by atomic mass is 9.48. The lowest BCUT2D eigenvalue weighted by molar-refractivity contribution is -0.00518. The van der Waals surface area contributed by atoms with E-state index in [0.29, 0.717) is 22.9 Å². The minimum absolute atomic E-state index is 0.364. The number of benzene rings is 7. The lowest BCUT2D eigenvalue weighted by Crippen LogP contribution is -2.48. The maximum atomic E-state index is 5.23. The molecule has 2 aromatic heterocycles. The zero-order chi connectivity index (χ0) is 38.9. The van der Waals surface area contributed by atoms with Crippen molar-refractivity contribution in [1.82, 2.24) is 19.5 Å². The average Bonchev–Trinajstić information content (AvgIpc) is 3.64. The average molecular weight is 761 g/mol. The van der Waals surface area contributed by atoms with E-state index < -0.39 is 0 Å².